The Hall–Kier alpha value is -0.160. The number of morpholine rings is 1. The van der Waals surface area contributed by atoms with Gasteiger partial charge in [0, 0.05) is 19.1 Å². The molecule has 0 amide bonds. The summed E-state index contributed by atoms with van der Waals surface area (Å²) in [5.41, 5.74) is 0. The van der Waals surface area contributed by atoms with Crippen LogP contribution in [0.3, 0.4) is 0 Å². The molecule has 0 aromatic heterocycles. The van der Waals surface area contributed by atoms with E-state index in [1.54, 1.807) is 0 Å². The van der Waals surface area contributed by atoms with Crippen LogP contribution in [0, 0.1) is 0 Å². The van der Waals surface area contributed by atoms with Crippen molar-refractivity contribution < 1.29 is 9.84 Å². The second-order valence-electron chi connectivity index (χ2n) is 5.04. The van der Waals surface area contributed by atoms with E-state index in [4.69, 9.17) is 4.74 Å². The molecule has 2 fully saturated rings. The molecule has 0 bridgehead atoms. The summed E-state index contributed by atoms with van der Waals surface area (Å²) < 4.78 is 5.68. The third-order valence-electron chi connectivity index (χ3n) is 3.62. The molecule has 0 saturated carbocycles. The van der Waals surface area contributed by atoms with Gasteiger partial charge >= 0.3 is 0 Å². The number of aliphatic hydroxyl groups excluding tert-OH is 1. The largest absolute Gasteiger partial charge is 0.394 e. The van der Waals surface area contributed by atoms with Crippen LogP contribution in [-0.2, 0) is 4.74 Å². The Morgan fingerprint density at radius 2 is 2.19 bits per heavy atom. The van der Waals surface area contributed by atoms with Crippen molar-refractivity contribution in [3.05, 3.63) is 0 Å². The summed E-state index contributed by atoms with van der Waals surface area (Å²) in [6.45, 7) is 6.43. The van der Waals surface area contributed by atoms with Crippen LogP contribution in [0.1, 0.15) is 26.2 Å². The number of hydrogen-bond acceptors (Lipinski definition) is 4. The van der Waals surface area contributed by atoms with Gasteiger partial charge in [0.05, 0.1) is 18.8 Å². The Labute approximate surface area is 98.0 Å². The molecule has 2 N–H and O–H groups in total. The first kappa shape index (κ1) is 12.3. The Morgan fingerprint density at radius 1 is 1.31 bits per heavy atom. The standard InChI is InChI=1S/C12H24N2O2/c1-10-7-14(8-12(9-15)16-10)11-3-2-5-13-6-4-11/h10-13,15H,2-9H2,1H3. The molecule has 4 nitrogen and oxygen atoms in total. The molecule has 0 aromatic rings. The number of hydrogen-bond donors (Lipinski definition) is 2. The van der Waals surface area contributed by atoms with Gasteiger partial charge in [-0.05, 0) is 39.3 Å². The quantitative estimate of drug-likeness (QED) is 0.709. The fourth-order valence-corrected chi connectivity index (χ4v) is 2.85. The summed E-state index contributed by atoms with van der Waals surface area (Å²) in [5, 5.41) is 12.7. The molecule has 2 aliphatic heterocycles. The summed E-state index contributed by atoms with van der Waals surface area (Å²) in [6, 6.07) is 0.676. The maximum Gasteiger partial charge on any atom is 0.0936 e. The minimum atomic E-state index is 0.0139. The number of aliphatic hydroxyl groups is 1. The van der Waals surface area contributed by atoms with E-state index in [2.05, 4.69) is 17.1 Å². The van der Waals surface area contributed by atoms with Crippen molar-refractivity contribution in [2.75, 3.05) is 32.8 Å². The lowest BCUT2D eigenvalue weighted by Crippen LogP contribution is -2.52. The van der Waals surface area contributed by atoms with Gasteiger partial charge < -0.3 is 15.2 Å². The fourth-order valence-electron chi connectivity index (χ4n) is 2.85. The molecule has 0 aliphatic carbocycles. The van der Waals surface area contributed by atoms with E-state index >= 15 is 0 Å². The molecular weight excluding hydrogens is 204 g/mol. The van der Waals surface area contributed by atoms with Crippen molar-refractivity contribution in [1.29, 1.82) is 0 Å². The highest BCUT2D eigenvalue weighted by molar-refractivity contribution is 4.83. The SMILES string of the molecule is CC1CN(C2CCCNCC2)CC(CO)O1. The van der Waals surface area contributed by atoms with Crippen molar-refractivity contribution >= 4 is 0 Å². The molecule has 0 aromatic carbocycles. The first-order valence-corrected chi connectivity index (χ1v) is 6.50. The number of rotatable bonds is 2. The van der Waals surface area contributed by atoms with Crippen molar-refractivity contribution in [2.24, 2.45) is 0 Å². The number of ether oxygens (including phenoxy) is 1. The summed E-state index contributed by atoms with van der Waals surface area (Å²) in [4.78, 5) is 2.52. The van der Waals surface area contributed by atoms with Gasteiger partial charge in [0.25, 0.3) is 0 Å². The van der Waals surface area contributed by atoms with Gasteiger partial charge in [-0.3, -0.25) is 4.90 Å². The van der Waals surface area contributed by atoms with E-state index in [1.807, 2.05) is 0 Å². The molecule has 4 heteroatoms. The van der Waals surface area contributed by atoms with Crippen molar-refractivity contribution in [3.63, 3.8) is 0 Å². The molecule has 2 saturated heterocycles. The van der Waals surface area contributed by atoms with E-state index in [0.717, 1.165) is 26.2 Å². The number of nitrogens with zero attached hydrogens (tertiary/aromatic N) is 1. The molecule has 2 aliphatic rings. The van der Waals surface area contributed by atoms with E-state index < -0.39 is 0 Å². The topological polar surface area (TPSA) is 44.7 Å². The molecule has 2 heterocycles. The average Bonchev–Trinajstić information content (AvgIpc) is 2.56. The van der Waals surface area contributed by atoms with Crippen LogP contribution in [0.25, 0.3) is 0 Å². The third kappa shape index (κ3) is 3.17. The van der Waals surface area contributed by atoms with Crippen LogP contribution in [-0.4, -0.2) is 61.0 Å². The molecular formula is C12H24N2O2. The van der Waals surface area contributed by atoms with E-state index in [9.17, 15) is 5.11 Å². The Morgan fingerprint density at radius 3 is 3.00 bits per heavy atom. The molecule has 2 rings (SSSR count). The van der Waals surface area contributed by atoms with E-state index in [1.165, 1.54) is 19.3 Å². The number of nitrogens with one attached hydrogen (secondary N) is 1. The van der Waals surface area contributed by atoms with Crippen LogP contribution >= 0.6 is 0 Å². The van der Waals surface area contributed by atoms with Crippen LogP contribution in [0.5, 0.6) is 0 Å². The van der Waals surface area contributed by atoms with Crippen LogP contribution in [0.15, 0.2) is 0 Å². The smallest absolute Gasteiger partial charge is 0.0936 e. The van der Waals surface area contributed by atoms with Gasteiger partial charge in [-0.15, -0.1) is 0 Å². The minimum Gasteiger partial charge on any atom is -0.394 e. The second kappa shape index (κ2) is 5.96. The van der Waals surface area contributed by atoms with Gasteiger partial charge in [0.15, 0.2) is 0 Å². The second-order valence-corrected chi connectivity index (χ2v) is 5.04. The highest BCUT2D eigenvalue weighted by Gasteiger charge is 2.29. The first-order chi connectivity index (χ1) is 7.79. The highest BCUT2D eigenvalue weighted by atomic mass is 16.5. The zero-order chi connectivity index (χ0) is 11.4. The maximum absolute atomic E-state index is 9.22. The predicted molar refractivity (Wildman–Crippen MR) is 63.5 cm³/mol. The highest BCUT2D eigenvalue weighted by Crippen LogP contribution is 2.19. The fraction of sp³-hybridized carbons (Fsp3) is 1.00. The van der Waals surface area contributed by atoms with E-state index in [-0.39, 0.29) is 18.8 Å². The lowest BCUT2D eigenvalue weighted by Gasteiger charge is -2.40. The van der Waals surface area contributed by atoms with Crippen LogP contribution in [0.4, 0.5) is 0 Å². The first-order valence-electron chi connectivity index (χ1n) is 6.50. The third-order valence-corrected chi connectivity index (χ3v) is 3.62. The summed E-state index contributed by atoms with van der Waals surface area (Å²) in [5.74, 6) is 0. The zero-order valence-electron chi connectivity index (χ0n) is 10.2. The van der Waals surface area contributed by atoms with Crippen molar-refractivity contribution in [1.82, 2.24) is 10.2 Å². The van der Waals surface area contributed by atoms with Gasteiger partial charge in [-0.1, -0.05) is 0 Å². The monoisotopic (exact) mass is 228 g/mol. The Kier molecular flexibility index (Phi) is 4.58. The normalized spacial score (nSPS) is 38.2. The summed E-state index contributed by atoms with van der Waals surface area (Å²) in [7, 11) is 0. The predicted octanol–water partition coefficient (Wildman–Crippen LogP) is 0.210. The molecule has 0 radical (unpaired) electrons. The van der Waals surface area contributed by atoms with Gasteiger partial charge in [0.1, 0.15) is 0 Å². The van der Waals surface area contributed by atoms with Gasteiger partial charge in [-0.2, -0.15) is 0 Å². The van der Waals surface area contributed by atoms with E-state index in [0.29, 0.717) is 6.04 Å². The summed E-state index contributed by atoms with van der Waals surface area (Å²) >= 11 is 0. The van der Waals surface area contributed by atoms with Crippen LogP contribution in [0.2, 0.25) is 0 Å². The van der Waals surface area contributed by atoms with Crippen molar-refractivity contribution in [3.8, 4) is 0 Å². The zero-order valence-corrected chi connectivity index (χ0v) is 10.2. The average molecular weight is 228 g/mol. The molecule has 0 spiro atoms. The van der Waals surface area contributed by atoms with Gasteiger partial charge in [-0.25, -0.2) is 0 Å². The molecule has 3 atom stereocenters. The lowest BCUT2D eigenvalue weighted by molar-refractivity contribution is -0.106. The van der Waals surface area contributed by atoms with Crippen LogP contribution < -0.4 is 5.32 Å². The molecule has 3 unspecified atom stereocenters. The summed E-state index contributed by atoms with van der Waals surface area (Å²) in [6.07, 6.45) is 4.03. The maximum atomic E-state index is 9.22. The van der Waals surface area contributed by atoms with Crippen molar-refractivity contribution in [2.45, 2.75) is 44.4 Å². The Bertz CT molecular complexity index is 205. The minimum absolute atomic E-state index is 0.0139. The Balaban J connectivity index is 1.90. The molecule has 16 heavy (non-hydrogen) atoms. The molecule has 94 valence electrons. The lowest BCUT2D eigenvalue weighted by atomic mass is 10.0. The van der Waals surface area contributed by atoms with Gasteiger partial charge in [0.2, 0.25) is 0 Å².